The van der Waals surface area contributed by atoms with Crippen molar-refractivity contribution in [3.8, 4) is 5.75 Å². The maximum atomic E-state index is 12.4. The molecule has 1 heterocycles. The van der Waals surface area contributed by atoms with Crippen LogP contribution in [0.15, 0.2) is 42.5 Å². The number of aryl methyl sites for hydroxylation is 1. The highest BCUT2D eigenvalue weighted by Crippen LogP contribution is 2.24. The van der Waals surface area contributed by atoms with Crippen molar-refractivity contribution in [2.24, 2.45) is 5.92 Å². The number of benzene rings is 2. The van der Waals surface area contributed by atoms with E-state index in [0.717, 1.165) is 11.3 Å². The smallest absolute Gasteiger partial charge is 0.338 e. The van der Waals surface area contributed by atoms with Gasteiger partial charge < -0.3 is 14.8 Å². The first-order valence-corrected chi connectivity index (χ1v) is 9.28. The number of anilines is 1. The summed E-state index contributed by atoms with van der Waals surface area (Å²) in [5, 5.41) is 2.77. The van der Waals surface area contributed by atoms with Crippen molar-refractivity contribution >= 4 is 23.3 Å². The predicted octanol–water partition coefficient (Wildman–Crippen LogP) is 3.65. The number of hydrogen-bond acceptors (Lipinski definition) is 5. The summed E-state index contributed by atoms with van der Waals surface area (Å²) in [5.74, 6) is 0.0679. The van der Waals surface area contributed by atoms with Crippen molar-refractivity contribution in [1.82, 2.24) is 0 Å². The van der Waals surface area contributed by atoms with Crippen LogP contribution in [0.3, 0.4) is 0 Å². The van der Waals surface area contributed by atoms with Crippen LogP contribution in [0.5, 0.6) is 5.75 Å². The lowest BCUT2D eigenvalue weighted by molar-refractivity contribution is -0.116. The number of esters is 1. The van der Waals surface area contributed by atoms with Gasteiger partial charge >= 0.3 is 5.97 Å². The van der Waals surface area contributed by atoms with Gasteiger partial charge in [0.1, 0.15) is 5.75 Å². The van der Waals surface area contributed by atoms with E-state index in [-0.39, 0.29) is 18.3 Å². The first-order valence-electron chi connectivity index (χ1n) is 9.28. The normalized spacial score (nSPS) is 12.9. The molecule has 2 aromatic rings. The molecular weight excluding hydrogens is 358 g/mol. The molecule has 2 aromatic carbocycles. The molecule has 6 nitrogen and oxygen atoms in total. The second kappa shape index (κ2) is 8.69. The number of nitrogens with one attached hydrogen (secondary N) is 1. The van der Waals surface area contributed by atoms with Crippen LogP contribution in [-0.4, -0.2) is 30.9 Å². The fourth-order valence-corrected chi connectivity index (χ4v) is 2.83. The van der Waals surface area contributed by atoms with Crippen LogP contribution in [0.2, 0.25) is 0 Å². The Hall–Kier alpha value is -3.15. The standard InChI is InChI=1S/C22H23NO5/c1-14(2)12-27-18-5-3-4-17(11-18)22(26)28-13-20(24)16-6-8-19-15(10-16)7-9-21(25)23-19/h3-6,8,10-11,14H,7,9,12-13H2,1-2H3,(H,23,25). The van der Waals surface area contributed by atoms with E-state index in [1.807, 2.05) is 13.8 Å². The first kappa shape index (κ1) is 19.6. The third-order valence-corrected chi connectivity index (χ3v) is 4.31. The maximum Gasteiger partial charge on any atom is 0.338 e. The summed E-state index contributed by atoms with van der Waals surface area (Å²) in [6.07, 6.45) is 0.986. The van der Waals surface area contributed by atoms with Crippen molar-refractivity contribution in [3.05, 3.63) is 59.2 Å². The van der Waals surface area contributed by atoms with Crippen LogP contribution in [-0.2, 0) is 16.0 Å². The summed E-state index contributed by atoms with van der Waals surface area (Å²) in [4.78, 5) is 36.1. The molecule has 0 fully saturated rings. The molecule has 0 aliphatic carbocycles. The monoisotopic (exact) mass is 381 g/mol. The fourth-order valence-electron chi connectivity index (χ4n) is 2.83. The van der Waals surface area contributed by atoms with Gasteiger partial charge in [-0.05, 0) is 54.3 Å². The number of ether oxygens (including phenoxy) is 2. The van der Waals surface area contributed by atoms with Gasteiger partial charge in [-0.3, -0.25) is 9.59 Å². The number of Topliss-reactive ketones (excluding diaryl/α,β-unsaturated/α-hetero) is 1. The number of ketones is 1. The van der Waals surface area contributed by atoms with Crippen molar-refractivity contribution < 1.29 is 23.9 Å². The van der Waals surface area contributed by atoms with E-state index >= 15 is 0 Å². The van der Waals surface area contributed by atoms with Crippen molar-refractivity contribution in [1.29, 1.82) is 0 Å². The molecule has 0 atom stereocenters. The van der Waals surface area contributed by atoms with Gasteiger partial charge in [0.15, 0.2) is 12.4 Å². The van der Waals surface area contributed by atoms with Crippen LogP contribution in [0.1, 0.15) is 46.5 Å². The molecular formula is C22H23NO5. The topological polar surface area (TPSA) is 81.7 Å². The van der Waals surface area contributed by atoms with Crippen molar-refractivity contribution in [3.63, 3.8) is 0 Å². The second-order valence-electron chi connectivity index (χ2n) is 7.15. The van der Waals surface area contributed by atoms with E-state index < -0.39 is 5.97 Å². The summed E-state index contributed by atoms with van der Waals surface area (Å²) in [6, 6.07) is 11.8. The number of fused-ring (bicyclic) bond motifs is 1. The zero-order chi connectivity index (χ0) is 20.1. The number of rotatable bonds is 7. The summed E-state index contributed by atoms with van der Waals surface area (Å²) >= 11 is 0. The SMILES string of the molecule is CC(C)COc1cccc(C(=O)OCC(=O)c2ccc3c(c2)CCC(=O)N3)c1. The molecule has 1 amide bonds. The minimum Gasteiger partial charge on any atom is -0.493 e. The van der Waals surface area contributed by atoms with Gasteiger partial charge in [-0.1, -0.05) is 19.9 Å². The Morgan fingerprint density at radius 3 is 2.68 bits per heavy atom. The molecule has 28 heavy (non-hydrogen) atoms. The molecule has 1 aliphatic heterocycles. The molecule has 0 aromatic heterocycles. The molecule has 146 valence electrons. The molecule has 0 radical (unpaired) electrons. The van der Waals surface area contributed by atoms with Crippen LogP contribution in [0, 0.1) is 5.92 Å². The highest BCUT2D eigenvalue weighted by Gasteiger charge is 2.18. The number of amides is 1. The Bertz CT molecular complexity index is 904. The van der Waals surface area contributed by atoms with E-state index in [1.54, 1.807) is 42.5 Å². The van der Waals surface area contributed by atoms with Crippen molar-refractivity contribution in [2.45, 2.75) is 26.7 Å². The van der Waals surface area contributed by atoms with Crippen LogP contribution < -0.4 is 10.1 Å². The first-order chi connectivity index (χ1) is 13.4. The third-order valence-electron chi connectivity index (χ3n) is 4.31. The van der Waals surface area contributed by atoms with E-state index in [2.05, 4.69) is 5.32 Å². The van der Waals surface area contributed by atoms with Crippen LogP contribution in [0.25, 0.3) is 0 Å². The largest absolute Gasteiger partial charge is 0.493 e. The van der Waals surface area contributed by atoms with E-state index in [4.69, 9.17) is 9.47 Å². The van der Waals surface area contributed by atoms with Gasteiger partial charge in [-0.15, -0.1) is 0 Å². The van der Waals surface area contributed by atoms with Crippen molar-refractivity contribution in [2.75, 3.05) is 18.5 Å². The number of hydrogen-bond donors (Lipinski definition) is 1. The fraction of sp³-hybridized carbons (Fsp3) is 0.318. The van der Waals surface area contributed by atoms with Gasteiger partial charge in [0, 0.05) is 17.7 Å². The van der Waals surface area contributed by atoms with E-state index in [0.29, 0.717) is 42.2 Å². The van der Waals surface area contributed by atoms with Gasteiger partial charge in [-0.2, -0.15) is 0 Å². The number of carbonyl (C=O) groups is 3. The highest BCUT2D eigenvalue weighted by atomic mass is 16.5. The maximum absolute atomic E-state index is 12.4. The quantitative estimate of drug-likeness (QED) is 0.585. The van der Waals surface area contributed by atoms with Gasteiger partial charge in [-0.25, -0.2) is 4.79 Å². The van der Waals surface area contributed by atoms with Gasteiger partial charge in [0.25, 0.3) is 0 Å². The predicted molar refractivity (Wildman–Crippen MR) is 105 cm³/mol. The average Bonchev–Trinajstić information content (AvgIpc) is 2.70. The van der Waals surface area contributed by atoms with E-state index in [9.17, 15) is 14.4 Å². The summed E-state index contributed by atoms with van der Waals surface area (Å²) in [7, 11) is 0. The Morgan fingerprint density at radius 2 is 1.89 bits per heavy atom. The molecule has 3 rings (SSSR count). The third kappa shape index (κ3) is 4.97. The molecule has 0 unspecified atom stereocenters. The second-order valence-corrected chi connectivity index (χ2v) is 7.15. The summed E-state index contributed by atoms with van der Waals surface area (Å²) in [5.41, 5.74) is 2.42. The molecule has 0 saturated heterocycles. The Labute approximate surface area is 163 Å². The minimum absolute atomic E-state index is 0.0277. The molecule has 1 aliphatic rings. The molecule has 0 bridgehead atoms. The zero-order valence-corrected chi connectivity index (χ0v) is 16.0. The minimum atomic E-state index is -0.575. The highest BCUT2D eigenvalue weighted by molar-refractivity contribution is 6.01. The van der Waals surface area contributed by atoms with Crippen LogP contribution in [0.4, 0.5) is 5.69 Å². The average molecular weight is 381 g/mol. The summed E-state index contributed by atoms with van der Waals surface area (Å²) < 4.78 is 10.8. The van der Waals surface area contributed by atoms with Gasteiger partial charge in [0.05, 0.1) is 12.2 Å². The Kier molecular flexibility index (Phi) is 6.09. The lowest BCUT2D eigenvalue weighted by Crippen LogP contribution is -2.20. The van der Waals surface area contributed by atoms with Crippen LogP contribution >= 0.6 is 0 Å². The van der Waals surface area contributed by atoms with Gasteiger partial charge in [0.2, 0.25) is 5.91 Å². The summed E-state index contributed by atoms with van der Waals surface area (Å²) in [6.45, 7) is 4.29. The molecule has 6 heteroatoms. The Morgan fingerprint density at radius 1 is 1.07 bits per heavy atom. The Balaban J connectivity index is 1.59. The number of carbonyl (C=O) groups excluding carboxylic acids is 3. The van der Waals surface area contributed by atoms with E-state index in [1.165, 1.54) is 0 Å². The molecule has 0 saturated carbocycles. The lowest BCUT2D eigenvalue weighted by atomic mass is 9.99. The zero-order valence-electron chi connectivity index (χ0n) is 16.0. The molecule has 0 spiro atoms. The molecule has 1 N–H and O–H groups in total. The lowest BCUT2D eigenvalue weighted by Gasteiger charge is -2.17.